The fourth-order valence-corrected chi connectivity index (χ4v) is 3.82. The molecule has 3 N–H and O–H groups in total. The molecule has 35 heavy (non-hydrogen) atoms. The number of aromatic nitrogens is 2. The van der Waals surface area contributed by atoms with Crippen LogP contribution in [0.15, 0.2) is 41.5 Å². The van der Waals surface area contributed by atoms with Crippen LogP contribution in [0.4, 0.5) is 8.78 Å². The highest BCUT2D eigenvalue weighted by molar-refractivity contribution is 6.08. The Balaban J connectivity index is 1.82. The normalized spacial score (nSPS) is 15.7. The predicted molar refractivity (Wildman–Crippen MR) is 132 cm³/mol. The van der Waals surface area contributed by atoms with Gasteiger partial charge in [0.05, 0.1) is 16.9 Å². The van der Waals surface area contributed by atoms with Gasteiger partial charge in [0.2, 0.25) is 0 Å². The Morgan fingerprint density at radius 1 is 1.26 bits per heavy atom. The molecule has 0 saturated heterocycles. The van der Waals surface area contributed by atoms with Crippen LogP contribution in [-0.4, -0.2) is 45.8 Å². The monoisotopic (exact) mass is 486 g/mol. The van der Waals surface area contributed by atoms with Crippen LogP contribution in [-0.2, 0) is 0 Å². The van der Waals surface area contributed by atoms with Crippen LogP contribution in [0.5, 0.6) is 5.75 Å². The number of aliphatic hydroxyl groups is 1. The molecule has 0 radical (unpaired) electrons. The van der Waals surface area contributed by atoms with Gasteiger partial charge in [-0.05, 0) is 62.4 Å². The molecule has 1 saturated carbocycles. The zero-order valence-electron chi connectivity index (χ0n) is 20.1. The van der Waals surface area contributed by atoms with E-state index in [0.29, 0.717) is 29.7 Å². The Bertz CT molecular complexity index is 1080. The van der Waals surface area contributed by atoms with E-state index in [-0.39, 0.29) is 29.5 Å². The highest BCUT2D eigenvalue weighted by Gasteiger charge is 2.33. The van der Waals surface area contributed by atoms with E-state index in [1.54, 1.807) is 25.2 Å². The van der Waals surface area contributed by atoms with Gasteiger partial charge < -0.3 is 15.6 Å². The summed E-state index contributed by atoms with van der Waals surface area (Å²) in [6, 6.07) is 7.64. The molecule has 9 heteroatoms. The van der Waals surface area contributed by atoms with Crippen molar-refractivity contribution in [3.8, 4) is 17.0 Å². The number of ether oxygens (including phenoxy) is 1. The van der Waals surface area contributed by atoms with Gasteiger partial charge >= 0.3 is 6.11 Å². The molecule has 0 bridgehead atoms. The first kappa shape index (κ1) is 26.4. The number of alkyl halides is 2. The minimum atomic E-state index is -3.25. The molecule has 0 unspecified atom stereocenters. The predicted octanol–water partition coefficient (Wildman–Crippen LogP) is 5.18. The fraction of sp³-hybridized carbons (Fsp3) is 0.462. The van der Waals surface area contributed by atoms with Crippen molar-refractivity contribution < 1.29 is 23.4 Å². The molecule has 0 spiro atoms. The Kier molecular flexibility index (Phi) is 8.67. The number of carbonyl (C=O) groups is 1. The van der Waals surface area contributed by atoms with Crippen LogP contribution >= 0.6 is 0 Å². The first-order valence-corrected chi connectivity index (χ1v) is 11.8. The second-order valence-corrected chi connectivity index (χ2v) is 8.80. The van der Waals surface area contributed by atoms with E-state index in [2.05, 4.69) is 15.0 Å². The lowest BCUT2D eigenvalue weighted by molar-refractivity contribution is -0.177. The summed E-state index contributed by atoms with van der Waals surface area (Å²) in [5.41, 5.74) is 6.89. The lowest BCUT2D eigenvalue weighted by Gasteiger charge is -2.36. The molecule has 0 aliphatic heterocycles. The summed E-state index contributed by atoms with van der Waals surface area (Å²) in [5, 5.41) is 10.2. The van der Waals surface area contributed by atoms with Gasteiger partial charge in [-0.15, -0.1) is 0 Å². The number of Topliss-reactive ketones (excluding diaryl/α,β-unsaturated/α-hetero) is 1. The molecule has 0 atom stereocenters. The second-order valence-electron chi connectivity index (χ2n) is 8.80. The van der Waals surface area contributed by atoms with Crippen LogP contribution in [0.1, 0.15) is 74.6 Å². The average Bonchev–Trinajstić information content (AvgIpc) is 2.83. The number of hydrogen-bond acceptors (Lipinski definition) is 7. The maximum absolute atomic E-state index is 13.5. The number of ketones is 1. The number of allylic oxidation sites excluding steroid dienone is 1. The number of carbonyl (C=O) groups excluding carboxylic acids is 1. The van der Waals surface area contributed by atoms with Crippen molar-refractivity contribution in [2.45, 2.75) is 70.0 Å². The highest BCUT2D eigenvalue weighted by Crippen LogP contribution is 2.36. The molecule has 7 nitrogen and oxygen atoms in total. The second kappa shape index (κ2) is 11.5. The standard InChI is InChI=1S/C26H32F2N4O3/c1-3-26(27,28)35-20-10-8-18(9-11-20)21-15-22(32-24(31-21)19(16-29)17-30-2)23(33)7-4-5-12-25(34)13-6-14-25/h8-11,15-17,34H,3-7,12-14,29H2,1-2H3. The van der Waals surface area contributed by atoms with Crippen molar-refractivity contribution in [2.24, 2.45) is 10.7 Å². The Morgan fingerprint density at radius 2 is 1.97 bits per heavy atom. The number of aliphatic imine (C=N–C) groups is 1. The number of nitrogens with two attached hydrogens (primary N) is 1. The van der Waals surface area contributed by atoms with E-state index in [0.717, 1.165) is 25.7 Å². The molecule has 1 fully saturated rings. The molecule has 188 valence electrons. The van der Waals surface area contributed by atoms with Gasteiger partial charge in [-0.25, -0.2) is 9.97 Å². The van der Waals surface area contributed by atoms with Gasteiger partial charge in [0.25, 0.3) is 0 Å². The largest absolute Gasteiger partial charge is 0.433 e. The molecule has 1 heterocycles. The molecule has 1 aliphatic rings. The molecular weight excluding hydrogens is 454 g/mol. The number of benzene rings is 1. The van der Waals surface area contributed by atoms with E-state index in [1.165, 1.54) is 31.5 Å². The molecule has 1 aromatic carbocycles. The molecule has 2 aromatic rings. The first-order valence-electron chi connectivity index (χ1n) is 11.8. The topological polar surface area (TPSA) is 111 Å². The summed E-state index contributed by atoms with van der Waals surface area (Å²) in [4.78, 5) is 25.8. The van der Waals surface area contributed by atoms with Crippen molar-refractivity contribution in [1.82, 2.24) is 9.97 Å². The SMILES string of the molecule is CCC(F)(F)Oc1ccc(-c2cc(C(=O)CCCCC3(O)CCC3)nc(C(C=NC)=CN)n2)cc1. The Labute approximate surface area is 204 Å². The van der Waals surface area contributed by atoms with Gasteiger partial charge in [-0.2, -0.15) is 8.78 Å². The summed E-state index contributed by atoms with van der Waals surface area (Å²) in [6.45, 7) is 1.34. The maximum atomic E-state index is 13.5. The molecule has 1 aromatic heterocycles. The summed E-state index contributed by atoms with van der Waals surface area (Å²) >= 11 is 0. The molecule has 3 rings (SSSR count). The van der Waals surface area contributed by atoms with Gasteiger partial charge in [-0.1, -0.05) is 13.3 Å². The number of hydrogen-bond donors (Lipinski definition) is 2. The van der Waals surface area contributed by atoms with E-state index >= 15 is 0 Å². The summed E-state index contributed by atoms with van der Waals surface area (Å²) < 4.78 is 31.8. The van der Waals surface area contributed by atoms with Crippen molar-refractivity contribution in [1.29, 1.82) is 0 Å². The fourth-order valence-electron chi connectivity index (χ4n) is 3.82. The van der Waals surface area contributed by atoms with E-state index in [1.807, 2.05) is 0 Å². The maximum Gasteiger partial charge on any atom is 0.397 e. The number of halogens is 2. The van der Waals surface area contributed by atoms with E-state index in [4.69, 9.17) is 10.5 Å². The van der Waals surface area contributed by atoms with Crippen LogP contribution in [0, 0.1) is 0 Å². The third-order valence-electron chi connectivity index (χ3n) is 6.13. The summed E-state index contributed by atoms with van der Waals surface area (Å²) in [7, 11) is 1.58. The van der Waals surface area contributed by atoms with Gasteiger partial charge in [0, 0.05) is 37.9 Å². The van der Waals surface area contributed by atoms with Gasteiger partial charge in [0.1, 0.15) is 11.4 Å². The third kappa shape index (κ3) is 7.14. The van der Waals surface area contributed by atoms with Crippen molar-refractivity contribution >= 4 is 17.6 Å². The van der Waals surface area contributed by atoms with E-state index < -0.39 is 18.1 Å². The third-order valence-corrected chi connectivity index (χ3v) is 6.13. The average molecular weight is 487 g/mol. The molecule has 0 amide bonds. The van der Waals surface area contributed by atoms with Crippen LogP contribution < -0.4 is 10.5 Å². The van der Waals surface area contributed by atoms with Gasteiger partial charge in [0.15, 0.2) is 11.6 Å². The Hall–Kier alpha value is -3.20. The Morgan fingerprint density at radius 3 is 2.54 bits per heavy atom. The van der Waals surface area contributed by atoms with Crippen molar-refractivity contribution in [3.63, 3.8) is 0 Å². The first-order chi connectivity index (χ1) is 16.7. The van der Waals surface area contributed by atoms with Crippen LogP contribution in [0.2, 0.25) is 0 Å². The highest BCUT2D eigenvalue weighted by atomic mass is 19.3. The van der Waals surface area contributed by atoms with Crippen molar-refractivity contribution in [2.75, 3.05) is 7.05 Å². The van der Waals surface area contributed by atoms with Gasteiger partial charge in [-0.3, -0.25) is 9.79 Å². The number of nitrogens with zero attached hydrogens (tertiary/aromatic N) is 3. The summed E-state index contributed by atoms with van der Waals surface area (Å²) in [5.74, 6) is 0.114. The van der Waals surface area contributed by atoms with Crippen molar-refractivity contribution in [3.05, 3.63) is 48.1 Å². The quantitative estimate of drug-likeness (QED) is 0.243. The van der Waals surface area contributed by atoms with E-state index in [9.17, 15) is 18.7 Å². The van der Waals surface area contributed by atoms with Crippen LogP contribution in [0.3, 0.4) is 0 Å². The lowest BCUT2D eigenvalue weighted by Crippen LogP contribution is -2.36. The zero-order valence-corrected chi connectivity index (χ0v) is 20.1. The minimum Gasteiger partial charge on any atom is -0.433 e. The van der Waals surface area contributed by atoms with Crippen LogP contribution in [0.25, 0.3) is 16.8 Å². The minimum absolute atomic E-state index is 0.0277. The number of unbranched alkanes of at least 4 members (excludes halogenated alkanes) is 1. The summed E-state index contributed by atoms with van der Waals surface area (Å²) in [6.07, 6.45) is 4.19. The number of rotatable bonds is 12. The molecular formula is C26H32F2N4O3. The zero-order chi connectivity index (χ0) is 25.5. The lowest BCUT2D eigenvalue weighted by atomic mass is 9.77. The molecule has 1 aliphatic carbocycles. The smallest absolute Gasteiger partial charge is 0.397 e.